The zero-order valence-electron chi connectivity index (χ0n) is 23.6. The van der Waals surface area contributed by atoms with Gasteiger partial charge in [-0.1, -0.05) is 42.5 Å². The second kappa shape index (κ2) is 11.8. The summed E-state index contributed by atoms with van der Waals surface area (Å²) in [5, 5.41) is 7.50. The number of hydrogen-bond acceptors (Lipinski definition) is 9. The fraction of sp³-hybridized carbons (Fsp3) is 0.250. The molecule has 42 heavy (non-hydrogen) atoms. The fourth-order valence-corrected chi connectivity index (χ4v) is 6.72. The SMILES string of the molecule is COc1cc(C(=O)Oc2ccc([C@H]3NC(=O)c4c(sc5c4CCN(Cc4ccccc4)C5)N3)cc2)cc(OC)c1OC. The first-order chi connectivity index (χ1) is 20.5. The number of esters is 1. The van der Waals surface area contributed by atoms with Crippen molar-refractivity contribution in [1.29, 1.82) is 0 Å². The van der Waals surface area contributed by atoms with Crippen LogP contribution >= 0.6 is 11.3 Å². The van der Waals surface area contributed by atoms with Gasteiger partial charge in [-0.3, -0.25) is 9.69 Å². The summed E-state index contributed by atoms with van der Waals surface area (Å²) in [5.41, 5.74) is 4.30. The predicted octanol–water partition coefficient (Wildman–Crippen LogP) is 5.41. The molecule has 0 unspecified atom stereocenters. The molecule has 0 spiro atoms. The highest BCUT2D eigenvalue weighted by Crippen LogP contribution is 2.41. The molecular formula is C32H31N3O6S. The van der Waals surface area contributed by atoms with E-state index in [1.807, 2.05) is 18.2 Å². The van der Waals surface area contributed by atoms with Crippen LogP contribution in [0.3, 0.4) is 0 Å². The lowest BCUT2D eigenvalue weighted by Gasteiger charge is -2.28. The molecule has 1 atom stereocenters. The third-order valence-corrected chi connectivity index (χ3v) is 8.64. The average Bonchev–Trinajstić information content (AvgIpc) is 3.39. The Morgan fingerprint density at radius 3 is 2.33 bits per heavy atom. The number of fused-ring (bicyclic) bond motifs is 3. The van der Waals surface area contributed by atoms with Crippen LogP contribution in [0.25, 0.3) is 0 Å². The van der Waals surface area contributed by atoms with Crippen LogP contribution in [0.4, 0.5) is 5.00 Å². The van der Waals surface area contributed by atoms with Crippen molar-refractivity contribution < 1.29 is 28.5 Å². The molecule has 0 radical (unpaired) electrons. The molecule has 0 saturated heterocycles. The first-order valence-electron chi connectivity index (χ1n) is 13.6. The van der Waals surface area contributed by atoms with Gasteiger partial charge in [0.15, 0.2) is 11.5 Å². The number of rotatable bonds is 8. The summed E-state index contributed by atoms with van der Waals surface area (Å²) in [4.78, 5) is 29.8. The first kappa shape index (κ1) is 27.6. The fourth-order valence-electron chi connectivity index (χ4n) is 5.41. The second-order valence-corrected chi connectivity index (χ2v) is 11.2. The van der Waals surface area contributed by atoms with Gasteiger partial charge in [0.1, 0.15) is 16.9 Å². The summed E-state index contributed by atoms with van der Waals surface area (Å²) < 4.78 is 21.6. The van der Waals surface area contributed by atoms with E-state index in [-0.39, 0.29) is 11.5 Å². The molecule has 6 rings (SSSR count). The number of carbonyl (C=O) groups excluding carboxylic acids is 2. The highest BCUT2D eigenvalue weighted by atomic mass is 32.1. The van der Waals surface area contributed by atoms with E-state index in [4.69, 9.17) is 18.9 Å². The van der Waals surface area contributed by atoms with Gasteiger partial charge in [-0.05, 0) is 47.4 Å². The Labute approximate surface area is 248 Å². The highest BCUT2D eigenvalue weighted by Gasteiger charge is 2.33. The smallest absolute Gasteiger partial charge is 0.343 e. The Hall–Kier alpha value is -4.54. The molecule has 2 aliphatic heterocycles. The number of benzene rings is 3. The van der Waals surface area contributed by atoms with Crippen molar-refractivity contribution >= 4 is 28.2 Å². The third kappa shape index (κ3) is 5.38. The van der Waals surface area contributed by atoms with Gasteiger partial charge in [0.05, 0.1) is 32.5 Å². The molecule has 0 aliphatic carbocycles. The molecule has 0 bridgehead atoms. The number of nitrogens with one attached hydrogen (secondary N) is 2. The van der Waals surface area contributed by atoms with E-state index in [0.29, 0.717) is 23.0 Å². The molecule has 9 nitrogen and oxygen atoms in total. The maximum atomic E-state index is 13.2. The number of methoxy groups -OCH3 is 3. The van der Waals surface area contributed by atoms with Gasteiger partial charge in [0.2, 0.25) is 5.75 Å². The molecule has 2 aliphatic rings. The Morgan fingerprint density at radius 1 is 0.952 bits per heavy atom. The van der Waals surface area contributed by atoms with Crippen molar-refractivity contribution in [3.63, 3.8) is 0 Å². The highest BCUT2D eigenvalue weighted by molar-refractivity contribution is 7.16. The standard InChI is InChI=1S/C32H31N3O6S/c1-38-24-15-21(16-25(39-2)28(24)40-3)32(37)41-22-11-9-20(10-12-22)29-33-30(36)27-23-13-14-35(17-19-7-5-4-6-8-19)18-26(23)42-31(27)34-29/h4-12,15-16,29,34H,13-14,17-18H2,1-3H3,(H,33,36)/t29-/m0/s1. The summed E-state index contributed by atoms with van der Waals surface area (Å²) in [6, 6.07) is 20.6. The van der Waals surface area contributed by atoms with Crippen LogP contribution in [0.2, 0.25) is 0 Å². The lowest BCUT2D eigenvalue weighted by molar-refractivity contribution is 0.0733. The average molecular weight is 586 g/mol. The van der Waals surface area contributed by atoms with Gasteiger partial charge in [0.25, 0.3) is 5.91 Å². The number of thiophene rings is 1. The Bertz CT molecular complexity index is 1590. The molecule has 216 valence electrons. The van der Waals surface area contributed by atoms with E-state index in [9.17, 15) is 9.59 Å². The van der Waals surface area contributed by atoms with Crippen molar-refractivity contribution in [2.75, 3.05) is 33.2 Å². The summed E-state index contributed by atoms with van der Waals surface area (Å²) in [7, 11) is 4.47. The molecule has 4 aromatic rings. The van der Waals surface area contributed by atoms with Crippen LogP contribution in [0, 0.1) is 0 Å². The topological polar surface area (TPSA) is 98.4 Å². The number of ether oxygens (including phenoxy) is 4. The maximum absolute atomic E-state index is 13.2. The number of carbonyl (C=O) groups is 2. The summed E-state index contributed by atoms with van der Waals surface area (Å²) in [6.07, 6.45) is 0.449. The van der Waals surface area contributed by atoms with Crippen molar-refractivity contribution in [1.82, 2.24) is 10.2 Å². The lowest BCUT2D eigenvalue weighted by Crippen LogP contribution is -2.38. The zero-order valence-corrected chi connectivity index (χ0v) is 24.4. The molecule has 0 saturated carbocycles. The quantitative estimate of drug-likeness (QED) is 0.209. The van der Waals surface area contributed by atoms with Crippen molar-refractivity contribution in [2.24, 2.45) is 0 Å². The van der Waals surface area contributed by atoms with E-state index < -0.39 is 12.1 Å². The monoisotopic (exact) mass is 585 g/mol. The van der Waals surface area contributed by atoms with E-state index >= 15 is 0 Å². The first-order valence-corrected chi connectivity index (χ1v) is 14.4. The van der Waals surface area contributed by atoms with Gasteiger partial charge >= 0.3 is 5.97 Å². The van der Waals surface area contributed by atoms with E-state index in [1.54, 1.807) is 35.6 Å². The molecular weight excluding hydrogens is 554 g/mol. The van der Waals surface area contributed by atoms with Crippen LogP contribution in [0.5, 0.6) is 23.0 Å². The number of anilines is 1. The van der Waals surface area contributed by atoms with E-state index in [2.05, 4.69) is 39.8 Å². The van der Waals surface area contributed by atoms with Gasteiger partial charge in [-0.2, -0.15) is 0 Å². The van der Waals surface area contributed by atoms with Crippen molar-refractivity contribution in [3.8, 4) is 23.0 Å². The second-order valence-electron chi connectivity index (χ2n) is 10.1. The summed E-state index contributed by atoms with van der Waals surface area (Å²) in [6.45, 7) is 2.63. The molecule has 3 heterocycles. The molecule has 1 aromatic heterocycles. The van der Waals surface area contributed by atoms with E-state index in [1.165, 1.54) is 31.8 Å². The van der Waals surface area contributed by atoms with Gasteiger partial charge in [-0.15, -0.1) is 11.3 Å². The Kier molecular flexibility index (Phi) is 7.73. The van der Waals surface area contributed by atoms with Gasteiger partial charge in [0, 0.05) is 24.5 Å². The predicted molar refractivity (Wildman–Crippen MR) is 160 cm³/mol. The molecule has 2 N–H and O–H groups in total. The third-order valence-electron chi connectivity index (χ3n) is 7.49. The largest absolute Gasteiger partial charge is 0.493 e. The minimum absolute atomic E-state index is 0.0688. The van der Waals surface area contributed by atoms with Gasteiger partial charge < -0.3 is 29.6 Å². The zero-order chi connectivity index (χ0) is 29.2. The van der Waals surface area contributed by atoms with E-state index in [0.717, 1.165) is 47.7 Å². The van der Waals surface area contributed by atoms with Crippen LogP contribution < -0.4 is 29.6 Å². The normalized spacial score (nSPS) is 16.0. The van der Waals surface area contributed by atoms with Crippen molar-refractivity contribution in [3.05, 3.63) is 99.4 Å². The minimum atomic E-state index is -0.568. The minimum Gasteiger partial charge on any atom is -0.493 e. The maximum Gasteiger partial charge on any atom is 0.343 e. The Morgan fingerprint density at radius 2 is 1.67 bits per heavy atom. The number of nitrogens with zero attached hydrogens (tertiary/aromatic N) is 1. The number of hydrogen-bond donors (Lipinski definition) is 2. The summed E-state index contributed by atoms with van der Waals surface area (Å²) >= 11 is 1.66. The van der Waals surface area contributed by atoms with Crippen LogP contribution in [0.15, 0.2) is 66.7 Å². The molecule has 0 fully saturated rings. The molecule has 10 heteroatoms. The number of amides is 1. The van der Waals surface area contributed by atoms with Crippen LogP contribution in [-0.4, -0.2) is 44.7 Å². The van der Waals surface area contributed by atoms with Crippen LogP contribution in [-0.2, 0) is 19.5 Å². The molecule has 1 amide bonds. The van der Waals surface area contributed by atoms with Crippen molar-refractivity contribution in [2.45, 2.75) is 25.7 Å². The Balaban J connectivity index is 1.14. The van der Waals surface area contributed by atoms with Crippen LogP contribution in [0.1, 0.15) is 48.4 Å². The summed E-state index contributed by atoms with van der Waals surface area (Å²) in [5.74, 6) is 0.836. The lowest BCUT2D eigenvalue weighted by atomic mass is 10.00. The molecule has 3 aromatic carbocycles. The van der Waals surface area contributed by atoms with Gasteiger partial charge in [-0.25, -0.2) is 4.79 Å².